The number of ether oxygens (including phenoxy) is 1. The Balaban J connectivity index is 1.54. The standard InChI is InChI=1S/C17H19N3O2S/c1-11-7-13(22-19-11)8-12-9-20(10-15(12)21-2)17-18-14-5-3-4-6-16(14)23-17/h3-7,12,15H,8-10H2,1-2H3/t12-,15+/m1/s1. The van der Waals surface area contributed by atoms with Gasteiger partial charge in [-0.3, -0.25) is 0 Å². The largest absolute Gasteiger partial charge is 0.379 e. The summed E-state index contributed by atoms with van der Waals surface area (Å²) in [6.45, 7) is 3.75. The predicted octanol–water partition coefficient (Wildman–Crippen LogP) is 3.29. The van der Waals surface area contributed by atoms with Gasteiger partial charge in [0.1, 0.15) is 5.76 Å². The molecule has 5 nitrogen and oxygen atoms in total. The average molecular weight is 329 g/mol. The topological polar surface area (TPSA) is 51.4 Å². The molecule has 0 amide bonds. The molecule has 2 atom stereocenters. The van der Waals surface area contributed by atoms with E-state index in [4.69, 9.17) is 14.2 Å². The van der Waals surface area contributed by atoms with Crippen LogP contribution >= 0.6 is 11.3 Å². The van der Waals surface area contributed by atoms with E-state index in [1.165, 1.54) is 4.70 Å². The van der Waals surface area contributed by atoms with Crippen LogP contribution in [0.1, 0.15) is 11.5 Å². The minimum atomic E-state index is 0.187. The van der Waals surface area contributed by atoms with Gasteiger partial charge in [0.2, 0.25) is 0 Å². The van der Waals surface area contributed by atoms with Gasteiger partial charge in [-0.2, -0.15) is 0 Å². The Bertz CT molecular complexity index is 780. The minimum Gasteiger partial charge on any atom is -0.379 e. The summed E-state index contributed by atoms with van der Waals surface area (Å²) in [4.78, 5) is 7.09. The average Bonchev–Trinajstić information content (AvgIpc) is 3.25. The summed E-state index contributed by atoms with van der Waals surface area (Å²) in [5, 5.41) is 5.05. The lowest BCUT2D eigenvalue weighted by Crippen LogP contribution is -2.23. The van der Waals surface area contributed by atoms with E-state index in [0.717, 1.165) is 41.6 Å². The van der Waals surface area contributed by atoms with Gasteiger partial charge < -0.3 is 14.2 Å². The molecule has 1 aromatic carbocycles. The van der Waals surface area contributed by atoms with Gasteiger partial charge in [0, 0.05) is 38.6 Å². The van der Waals surface area contributed by atoms with Crippen molar-refractivity contribution in [2.45, 2.75) is 19.4 Å². The molecule has 0 spiro atoms. The highest BCUT2D eigenvalue weighted by atomic mass is 32.1. The zero-order chi connectivity index (χ0) is 15.8. The number of methoxy groups -OCH3 is 1. The molecule has 23 heavy (non-hydrogen) atoms. The Hall–Kier alpha value is -1.92. The molecule has 0 radical (unpaired) electrons. The van der Waals surface area contributed by atoms with Crippen LogP contribution in [0.25, 0.3) is 10.2 Å². The van der Waals surface area contributed by atoms with Gasteiger partial charge in [0.25, 0.3) is 0 Å². The molecular formula is C17H19N3O2S. The summed E-state index contributed by atoms with van der Waals surface area (Å²) in [5.41, 5.74) is 1.99. The van der Waals surface area contributed by atoms with Crippen molar-refractivity contribution in [1.29, 1.82) is 0 Å². The van der Waals surface area contributed by atoms with E-state index < -0.39 is 0 Å². The van der Waals surface area contributed by atoms with E-state index in [9.17, 15) is 0 Å². The monoisotopic (exact) mass is 329 g/mol. The van der Waals surface area contributed by atoms with E-state index in [2.05, 4.69) is 28.3 Å². The molecule has 0 unspecified atom stereocenters. The van der Waals surface area contributed by atoms with Crippen LogP contribution in [0.3, 0.4) is 0 Å². The number of nitrogens with zero attached hydrogens (tertiary/aromatic N) is 3. The first-order chi connectivity index (χ1) is 11.2. The van der Waals surface area contributed by atoms with Crippen molar-refractivity contribution in [2.24, 2.45) is 5.92 Å². The van der Waals surface area contributed by atoms with Crippen LogP contribution < -0.4 is 4.90 Å². The van der Waals surface area contributed by atoms with Crippen LogP contribution in [0, 0.1) is 12.8 Å². The van der Waals surface area contributed by atoms with E-state index in [1.54, 1.807) is 18.4 Å². The number of fused-ring (bicyclic) bond motifs is 1. The van der Waals surface area contributed by atoms with Crippen LogP contribution in [0.4, 0.5) is 5.13 Å². The molecule has 1 fully saturated rings. The van der Waals surface area contributed by atoms with Crippen molar-refractivity contribution in [1.82, 2.24) is 10.1 Å². The quantitative estimate of drug-likeness (QED) is 0.735. The second-order valence-electron chi connectivity index (χ2n) is 6.04. The van der Waals surface area contributed by atoms with Crippen LogP contribution in [0.5, 0.6) is 0 Å². The first-order valence-corrected chi connectivity index (χ1v) is 8.60. The molecule has 6 heteroatoms. The molecule has 0 aliphatic carbocycles. The summed E-state index contributed by atoms with van der Waals surface area (Å²) in [7, 11) is 1.78. The molecule has 3 heterocycles. The maximum absolute atomic E-state index is 5.70. The molecule has 0 N–H and O–H groups in total. The Morgan fingerprint density at radius 1 is 1.35 bits per heavy atom. The third-order valence-electron chi connectivity index (χ3n) is 4.38. The van der Waals surface area contributed by atoms with Crippen molar-refractivity contribution >= 4 is 26.7 Å². The molecule has 0 bridgehead atoms. The van der Waals surface area contributed by atoms with E-state index in [1.807, 2.05) is 19.1 Å². The molecule has 120 valence electrons. The normalized spacial score (nSPS) is 21.4. The summed E-state index contributed by atoms with van der Waals surface area (Å²) < 4.78 is 12.3. The number of aromatic nitrogens is 2. The number of anilines is 1. The summed E-state index contributed by atoms with van der Waals surface area (Å²) in [5.74, 6) is 1.32. The van der Waals surface area contributed by atoms with Gasteiger partial charge in [0.05, 0.1) is 22.0 Å². The second kappa shape index (κ2) is 5.94. The predicted molar refractivity (Wildman–Crippen MR) is 91.1 cm³/mol. The maximum Gasteiger partial charge on any atom is 0.186 e. The fourth-order valence-electron chi connectivity index (χ4n) is 3.23. The summed E-state index contributed by atoms with van der Waals surface area (Å²) in [6.07, 6.45) is 1.04. The van der Waals surface area contributed by atoms with Gasteiger partial charge in [-0.05, 0) is 19.1 Å². The number of para-hydroxylation sites is 1. The van der Waals surface area contributed by atoms with E-state index in [-0.39, 0.29) is 6.10 Å². The highest BCUT2D eigenvalue weighted by Gasteiger charge is 2.35. The highest BCUT2D eigenvalue weighted by molar-refractivity contribution is 7.22. The van der Waals surface area contributed by atoms with Crippen molar-refractivity contribution in [3.8, 4) is 0 Å². The van der Waals surface area contributed by atoms with Crippen LogP contribution in [0.2, 0.25) is 0 Å². The zero-order valence-corrected chi connectivity index (χ0v) is 14.0. The molecular weight excluding hydrogens is 310 g/mol. The minimum absolute atomic E-state index is 0.187. The maximum atomic E-state index is 5.70. The second-order valence-corrected chi connectivity index (χ2v) is 7.05. The van der Waals surface area contributed by atoms with E-state index in [0.29, 0.717) is 5.92 Å². The first kappa shape index (κ1) is 14.7. The number of benzene rings is 1. The SMILES string of the molecule is CO[C@H]1CN(c2nc3ccccc3s2)C[C@H]1Cc1cc(C)no1. The number of thiazole rings is 1. The number of hydrogen-bond donors (Lipinski definition) is 0. The molecule has 0 saturated carbocycles. The molecule has 2 aromatic heterocycles. The highest BCUT2D eigenvalue weighted by Crippen LogP contribution is 2.33. The third kappa shape index (κ3) is 2.84. The number of hydrogen-bond acceptors (Lipinski definition) is 6. The number of aryl methyl sites for hydroxylation is 1. The van der Waals surface area contributed by atoms with Crippen molar-refractivity contribution in [3.05, 3.63) is 41.8 Å². The van der Waals surface area contributed by atoms with Crippen molar-refractivity contribution in [2.75, 3.05) is 25.1 Å². The van der Waals surface area contributed by atoms with Gasteiger partial charge in [0.15, 0.2) is 5.13 Å². The number of rotatable bonds is 4. The molecule has 4 rings (SSSR count). The van der Waals surface area contributed by atoms with Crippen molar-refractivity contribution in [3.63, 3.8) is 0 Å². The lowest BCUT2D eigenvalue weighted by Gasteiger charge is -2.14. The van der Waals surface area contributed by atoms with Crippen LogP contribution in [-0.2, 0) is 11.2 Å². The lowest BCUT2D eigenvalue weighted by molar-refractivity contribution is 0.0813. The smallest absolute Gasteiger partial charge is 0.186 e. The Kier molecular flexibility index (Phi) is 3.79. The van der Waals surface area contributed by atoms with Crippen molar-refractivity contribution < 1.29 is 9.26 Å². The van der Waals surface area contributed by atoms with Gasteiger partial charge >= 0.3 is 0 Å². The van der Waals surface area contributed by atoms with Crippen LogP contribution in [0.15, 0.2) is 34.9 Å². The summed E-state index contributed by atoms with van der Waals surface area (Å²) >= 11 is 1.74. The molecule has 3 aromatic rings. The van der Waals surface area contributed by atoms with Crippen LogP contribution in [-0.4, -0.2) is 36.4 Å². The molecule has 1 aliphatic rings. The van der Waals surface area contributed by atoms with Gasteiger partial charge in [-0.15, -0.1) is 0 Å². The summed E-state index contributed by atoms with van der Waals surface area (Å²) in [6, 6.07) is 10.3. The first-order valence-electron chi connectivity index (χ1n) is 7.78. The fraction of sp³-hybridized carbons (Fsp3) is 0.412. The van der Waals surface area contributed by atoms with Gasteiger partial charge in [-0.1, -0.05) is 28.6 Å². The zero-order valence-electron chi connectivity index (χ0n) is 13.2. The Morgan fingerprint density at radius 2 is 2.22 bits per heavy atom. The van der Waals surface area contributed by atoms with Gasteiger partial charge in [-0.25, -0.2) is 4.98 Å². The molecule has 1 aliphatic heterocycles. The lowest BCUT2D eigenvalue weighted by atomic mass is 10.0. The van der Waals surface area contributed by atoms with E-state index >= 15 is 0 Å². The Morgan fingerprint density at radius 3 is 2.96 bits per heavy atom. The third-order valence-corrected chi connectivity index (χ3v) is 5.47. The Labute approximate surface area is 138 Å². The fourth-order valence-corrected chi connectivity index (χ4v) is 4.21. The molecule has 1 saturated heterocycles.